The molecule has 508 valence electrons. The lowest BCUT2D eigenvalue weighted by atomic mass is 9.98. The van der Waals surface area contributed by atoms with Crippen LogP contribution in [0.3, 0.4) is 0 Å². The van der Waals surface area contributed by atoms with Gasteiger partial charge in [-0.1, -0.05) is 36.5 Å². The van der Waals surface area contributed by atoms with Crippen LogP contribution in [0.15, 0.2) is 66.7 Å². The summed E-state index contributed by atoms with van der Waals surface area (Å²) < 4.78 is 16.9. The standard InChI is InChI=1S/C63H88N12O17S/c1-34-32-75-53(54(34)82)59(87)66-31-41(77)29-44(67-55(83)37-8-10-38(11-9-37)60-71-72-61(93-60)39-12-14-40(15-13-39)73-22-18-43(19-23-73)91-25-5-4-24-90-3)56(84)68-50(35(2)76)62(88)74-33-42(78)30-45(74)57(85)69-51(58(86)70-52(63(75)89)47(80)17-21-65)48(81)27-36-7-16-46(79)49(28-36)92-26-6-20-64/h7-16,28,34-35,41-45,47-48,50-54,76-82H,4-6,17-27,29-33,64-65H2,1-3H3,(H,66,87)(H,67,83)(H,68,84)(H,69,85)(H,70,86)/t34-,35+,41+,42+,44-,45-,47+,48+,50-,51-,52-,53-,54-/m0/s1. The number of aromatic nitrogens is 2. The molecule has 0 bridgehead atoms. The molecule has 0 aliphatic carbocycles. The van der Waals surface area contributed by atoms with Crippen molar-refractivity contribution in [1.29, 1.82) is 0 Å². The van der Waals surface area contributed by atoms with Gasteiger partial charge in [-0.25, -0.2) is 0 Å². The number of hydrogen-bond acceptors (Lipinski definition) is 23. The average Bonchev–Trinajstić information content (AvgIpc) is 1.71. The lowest BCUT2D eigenvalue weighted by Crippen LogP contribution is -2.64. The van der Waals surface area contributed by atoms with Crippen LogP contribution in [0.1, 0.15) is 81.1 Å². The third-order valence-corrected chi connectivity index (χ3v) is 18.1. The largest absolute Gasteiger partial charge is 0.504 e. The Labute approximate surface area is 542 Å². The molecule has 0 saturated carbocycles. The predicted octanol–water partition coefficient (Wildman–Crippen LogP) is -1.99. The van der Waals surface area contributed by atoms with Gasteiger partial charge in [0.25, 0.3) is 5.91 Å². The molecule has 3 aromatic carbocycles. The normalized spacial score (nSPS) is 25.8. The molecule has 0 unspecified atom stereocenters. The maximum absolute atomic E-state index is 14.7. The summed E-state index contributed by atoms with van der Waals surface area (Å²) in [7, 11) is 1.70. The van der Waals surface area contributed by atoms with Gasteiger partial charge in [0.15, 0.2) is 11.5 Å². The van der Waals surface area contributed by atoms with E-state index in [9.17, 15) is 69.3 Å². The number of nitrogens with two attached hydrogens (primary N) is 2. The molecule has 4 saturated heterocycles. The van der Waals surface area contributed by atoms with Gasteiger partial charge in [0, 0.05) is 101 Å². The fraction of sp³-hybridized carbons (Fsp3) is 0.571. The van der Waals surface area contributed by atoms with E-state index in [1.165, 1.54) is 48.6 Å². The van der Waals surface area contributed by atoms with E-state index in [0.29, 0.717) is 22.0 Å². The van der Waals surface area contributed by atoms with Crippen molar-refractivity contribution in [2.75, 3.05) is 77.6 Å². The summed E-state index contributed by atoms with van der Waals surface area (Å²) in [5, 5.41) is 102. The van der Waals surface area contributed by atoms with Crippen LogP contribution in [0, 0.1) is 5.92 Å². The average molecular weight is 1320 g/mol. The number of unbranched alkanes of at least 4 members (excludes halogenated alkanes) is 1. The molecule has 4 fully saturated rings. The lowest BCUT2D eigenvalue weighted by Gasteiger charge is -2.34. The van der Waals surface area contributed by atoms with Crippen LogP contribution in [-0.4, -0.2) is 249 Å². The Kier molecular flexibility index (Phi) is 25.8. The van der Waals surface area contributed by atoms with Crippen molar-refractivity contribution in [2.24, 2.45) is 17.4 Å². The van der Waals surface area contributed by atoms with E-state index in [1.807, 2.05) is 12.1 Å². The van der Waals surface area contributed by atoms with Crippen LogP contribution in [0.25, 0.3) is 21.1 Å². The molecule has 1 aromatic heterocycles. The highest BCUT2D eigenvalue weighted by Gasteiger charge is 2.50. The molecule has 16 N–H and O–H groups in total. The van der Waals surface area contributed by atoms with Gasteiger partial charge < -0.3 is 103 Å². The Morgan fingerprint density at radius 1 is 0.731 bits per heavy atom. The molecule has 4 aliphatic heterocycles. The van der Waals surface area contributed by atoms with Gasteiger partial charge in [0.1, 0.15) is 46.3 Å². The molecule has 0 radical (unpaired) electrons. The van der Waals surface area contributed by atoms with Gasteiger partial charge in [0.2, 0.25) is 35.4 Å². The van der Waals surface area contributed by atoms with E-state index in [4.69, 9.17) is 25.7 Å². The maximum Gasteiger partial charge on any atom is 0.251 e. The Morgan fingerprint density at radius 2 is 1.38 bits per heavy atom. The Balaban J connectivity index is 1.03. The molecule has 4 aromatic rings. The van der Waals surface area contributed by atoms with Crippen LogP contribution in [-0.2, 0) is 44.7 Å². The topological polar surface area (TPSA) is 436 Å². The first kappa shape index (κ1) is 71.4. The number of ether oxygens (including phenoxy) is 3. The number of piperidine rings is 1. The number of aromatic hydroxyl groups is 1. The molecule has 4 aliphatic rings. The third kappa shape index (κ3) is 18.5. The Hall–Kier alpha value is -7.49. The van der Waals surface area contributed by atoms with Gasteiger partial charge in [0.05, 0.1) is 49.3 Å². The van der Waals surface area contributed by atoms with Gasteiger partial charge in [-0.3, -0.25) is 33.6 Å². The van der Waals surface area contributed by atoms with Crippen molar-refractivity contribution in [3.63, 3.8) is 0 Å². The zero-order valence-electron chi connectivity index (χ0n) is 52.4. The van der Waals surface area contributed by atoms with Gasteiger partial charge in [-0.2, -0.15) is 0 Å². The van der Waals surface area contributed by atoms with Crippen LogP contribution in [0.4, 0.5) is 5.69 Å². The SMILES string of the molecule is COCCCCOC1CCN(c2ccc(-c3nnc(-c4ccc(C(=O)N[C@H]5C[C@@H](O)CNC(=O)[C@@H]6[C@@H](O)[C@@H](C)CN6C(=O)[C@H]([C@H](O)CCN)NC(=O)[C@H]([C@H](O)Cc6ccc(O)c(OCCCN)c6)NC(=O)[C@@H]6C[C@@H](O)CN6C(=O)[C@H]([C@@H](C)O)NC5=O)cc4)s3)cc2)CC1. The van der Waals surface area contributed by atoms with Gasteiger partial charge in [-0.15, -0.1) is 10.2 Å². The monoisotopic (exact) mass is 1320 g/mol. The molecule has 5 heterocycles. The molecule has 93 heavy (non-hydrogen) atoms. The molecule has 7 amide bonds. The van der Waals surface area contributed by atoms with Crippen molar-refractivity contribution in [3.05, 3.63) is 77.9 Å². The quantitative estimate of drug-likeness (QED) is 0.0379. The lowest BCUT2D eigenvalue weighted by molar-refractivity contribution is -0.147. The first-order valence-electron chi connectivity index (χ1n) is 31.5. The number of fused-ring (bicyclic) bond motifs is 2. The first-order chi connectivity index (χ1) is 44.6. The fourth-order valence-electron chi connectivity index (χ4n) is 11.8. The number of benzene rings is 3. The number of carbonyl (C=O) groups is 7. The highest BCUT2D eigenvalue weighted by Crippen LogP contribution is 2.33. The summed E-state index contributed by atoms with van der Waals surface area (Å²) in [6.07, 6.45) is -7.39. The van der Waals surface area contributed by atoms with Crippen molar-refractivity contribution < 1.29 is 83.5 Å². The zero-order valence-corrected chi connectivity index (χ0v) is 53.2. The van der Waals surface area contributed by atoms with Crippen LogP contribution < -0.4 is 47.7 Å². The second kappa shape index (κ2) is 33.6. The second-order valence-corrected chi connectivity index (χ2v) is 25.1. The number of aliphatic hydroxyl groups is 6. The minimum absolute atomic E-state index is 0.00375. The smallest absolute Gasteiger partial charge is 0.251 e. The number of phenols is 1. The summed E-state index contributed by atoms with van der Waals surface area (Å²) in [4.78, 5) is 106. The van der Waals surface area contributed by atoms with Crippen LogP contribution in [0.5, 0.6) is 11.5 Å². The van der Waals surface area contributed by atoms with Crippen LogP contribution >= 0.6 is 11.3 Å². The van der Waals surface area contributed by atoms with E-state index >= 15 is 0 Å². The van der Waals surface area contributed by atoms with Crippen molar-refractivity contribution >= 4 is 58.4 Å². The summed E-state index contributed by atoms with van der Waals surface area (Å²) in [6.45, 7) is 4.59. The third-order valence-electron chi connectivity index (χ3n) is 17.1. The van der Waals surface area contributed by atoms with E-state index in [2.05, 4.69) is 53.8 Å². The van der Waals surface area contributed by atoms with Crippen molar-refractivity contribution in [3.8, 4) is 32.6 Å². The van der Waals surface area contributed by atoms with E-state index in [-0.39, 0.29) is 61.4 Å². The maximum atomic E-state index is 14.7. The number of rotatable bonds is 22. The summed E-state index contributed by atoms with van der Waals surface area (Å²) >= 11 is 1.33. The zero-order chi connectivity index (χ0) is 67.0. The van der Waals surface area contributed by atoms with E-state index in [1.54, 1.807) is 19.2 Å². The van der Waals surface area contributed by atoms with Crippen molar-refractivity contribution in [1.82, 2.24) is 46.6 Å². The number of hydrogen-bond donors (Lipinski definition) is 14. The van der Waals surface area contributed by atoms with Gasteiger partial charge >= 0.3 is 0 Å². The Bertz CT molecular complexity index is 3170. The number of phenolic OH excluding ortho intramolecular Hbond substituents is 1. The number of amides is 7. The molecule has 30 heteroatoms. The molecule has 0 spiro atoms. The number of carbonyl (C=O) groups excluding carboxylic acids is 7. The molecular formula is C63H88N12O17S. The number of nitrogens with zero attached hydrogens (tertiary/aromatic N) is 5. The number of methoxy groups -OCH3 is 1. The number of nitrogens with one attached hydrogen (secondary N) is 5. The molecule has 13 atom stereocenters. The summed E-state index contributed by atoms with van der Waals surface area (Å²) in [6, 6.07) is 7.40. The highest BCUT2D eigenvalue weighted by atomic mass is 32.1. The van der Waals surface area contributed by atoms with Gasteiger partial charge in [-0.05, 0) is 113 Å². The molecular weight excluding hydrogens is 1230 g/mol. The van der Waals surface area contributed by atoms with E-state index < -0.39 is 152 Å². The molecule has 8 rings (SSSR count). The number of aliphatic hydroxyl groups excluding tert-OH is 6. The van der Waals surface area contributed by atoms with Crippen LogP contribution in [0.2, 0.25) is 0 Å². The highest BCUT2D eigenvalue weighted by molar-refractivity contribution is 7.17. The number of anilines is 1. The predicted molar refractivity (Wildman–Crippen MR) is 339 cm³/mol. The molecule has 29 nitrogen and oxygen atoms in total. The Morgan fingerprint density at radius 3 is 2.03 bits per heavy atom. The van der Waals surface area contributed by atoms with Crippen molar-refractivity contribution in [2.45, 2.75) is 151 Å². The summed E-state index contributed by atoms with van der Waals surface area (Å²) in [5.41, 5.74) is 14.3. The first-order valence-corrected chi connectivity index (χ1v) is 32.3. The van der Waals surface area contributed by atoms with E-state index in [0.717, 1.165) is 80.0 Å². The summed E-state index contributed by atoms with van der Waals surface area (Å²) in [5.74, 6) is -8.58. The minimum atomic E-state index is -2.04. The number of β-amino-alcohol motifs (C(OH)–C–C–N with tert-alkyl or cyclic N) is 1. The minimum Gasteiger partial charge on any atom is -0.504 e. The second-order valence-electron chi connectivity index (χ2n) is 24.2. The fourth-order valence-corrected chi connectivity index (χ4v) is 12.7.